The lowest BCUT2D eigenvalue weighted by Gasteiger charge is -2.07. The Balaban J connectivity index is 1.71. The van der Waals surface area contributed by atoms with Crippen molar-refractivity contribution in [1.82, 2.24) is 0 Å². The second-order valence-corrected chi connectivity index (χ2v) is 6.88. The standard InChI is InChI=1S/C26H26O/c1-3-5-6-7-20-8-10-21(11-9-20)22-12-14-23(15-13-22)24-16-18-25(19-17-24)26(27)4-2/h4,8-19H,2-3,5-7H2,1H3. The smallest absolute Gasteiger partial charge is 0.185 e. The van der Waals surface area contributed by atoms with Crippen LogP contribution in [0.4, 0.5) is 0 Å². The largest absolute Gasteiger partial charge is 0.289 e. The molecule has 1 nitrogen and oxygen atoms in total. The summed E-state index contributed by atoms with van der Waals surface area (Å²) < 4.78 is 0. The molecule has 0 fully saturated rings. The first kappa shape index (κ1) is 18.8. The molecule has 0 atom stereocenters. The van der Waals surface area contributed by atoms with Gasteiger partial charge in [-0.1, -0.05) is 99.1 Å². The Labute approximate surface area is 162 Å². The summed E-state index contributed by atoms with van der Waals surface area (Å²) in [6.45, 7) is 5.77. The van der Waals surface area contributed by atoms with Crippen LogP contribution < -0.4 is 0 Å². The van der Waals surface area contributed by atoms with Crippen molar-refractivity contribution >= 4 is 5.78 Å². The highest BCUT2D eigenvalue weighted by molar-refractivity contribution is 6.04. The number of carbonyl (C=O) groups is 1. The van der Waals surface area contributed by atoms with Gasteiger partial charge < -0.3 is 0 Å². The summed E-state index contributed by atoms with van der Waals surface area (Å²) in [6.07, 6.45) is 6.34. The Bertz CT molecular complexity index is 884. The molecule has 0 radical (unpaired) electrons. The molecule has 1 heteroatoms. The van der Waals surface area contributed by atoms with Crippen molar-refractivity contribution in [3.8, 4) is 22.3 Å². The molecule has 3 aromatic rings. The molecule has 0 unspecified atom stereocenters. The minimum atomic E-state index is -0.0463. The van der Waals surface area contributed by atoms with Crippen molar-refractivity contribution in [2.75, 3.05) is 0 Å². The molecule has 0 aliphatic carbocycles. The number of rotatable bonds is 8. The summed E-state index contributed by atoms with van der Waals surface area (Å²) in [5, 5.41) is 0. The average Bonchev–Trinajstić information content (AvgIpc) is 2.74. The average molecular weight is 354 g/mol. The summed E-state index contributed by atoms with van der Waals surface area (Å²) in [5.41, 5.74) is 6.80. The van der Waals surface area contributed by atoms with Crippen molar-refractivity contribution in [3.63, 3.8) is 0 Å². The third kappa shape index (κ3) is 4.83. The SMILES string of the molecule is C=CC(=O)c1ccc(-c2ccc(-c3ccc(CCCCC)cc3)cc2)cc1. The van der Waals surface area contributed by atoms with E-state index < -0.39 is 0 Å². The maximum absolute atomic E-state index is 11.6. The van der Waals surface area contributed by atoms with Gasteiger partial charge in [0.25, 0.3) is 0 Å². The normalized spacial score (nSPS) is 10.6. The van der Waals surface area contributed by atoms with Gasteiger partial charge in [-0.3, -0.25) is 4.79 Å². The Hall–Kier alpha value is -2.93. The molecule has 0 saturated carbocycles. The van der Waals surface area contributed by atoms with Crippen LogP contribution >= 0.6 is 0 Å². The molecule has 0 amide bonds. The fraction of sp³-hybridized carbons (Fsp3) is 0.192. The third-order valence-corrected chi connectivity index (χ3v) is 4.93. The van der Waals surface area contributed by atoms with Crippen LogP contribution in [0.3, 0.4) is 0 Å². The Morgan fingerprint density at radius 3 is 1.63 bits per heavy atom. The van der Waals surface area contributed by atoms with E-state index in [-0.39, 0.29) is 5.78 Å². The number of benzene rings is 3. The lowest BCUT2D eigenvalue weighted by atomic mass is 9.98. The molecule has 136 valence electrons. The fourth-order valence-electron chi connectivity index (χ4n) is 3.24. The predicted molar refractivity (Wildman–Crippen MR) is 115 cm³/mol. The van der Waals surface area contributed by atoms with E-state index in [9.17, 15) is 4.79 Å². The molecule has 0 aliphatic heterocycles. The molecule has 0 spiro atoms. The topological polar surface area (TPSA) is 17.1 Å². The molecule has 27 heavy (non-hydrogen) atoms. The molecule has 0 bridgehead atoms. The number of unbranched alkanes of at least 4 members (excludes halogenated alkanes) is 2. The highest BCUT2D eigenvalue weighted by Crippen LogP contribution is 2.26. The summed E-state index contributed by atoms with van der Waals surface area (Å²) in [4.78, 5) is 11.6. The van der Waals surface area contributed by atoms with E-state index >= 15 is 0 Å². The van der Waals surface area contributed by atoms with E-state index in [1.807, 2.05) is 24.3 Å². The van der Waals surface area contributed by atoms with Gasteiger partial charge in [-0.2, -0.15) is 0 Å². The van der Waals surface area contributed by atoms with Crippen LogP contribution in [0, 0.1) is 0 Å². The zero-order valence-electron chi connectivity index (χ0n) is 15.9. The van der Waals surface area contributed by atoms with E-state index in [2.05, 4.69) is 62.0 Å². The highest BCUT2D eigenvalue weighted by atomic mass is 16.1. The van der Waals surface area contributed by atoms with E-state index in [0.29, 0.717) is 5.56 Å². The van der Waals surface area contributed by atoms with E-state index in [1.54, 1.807) is 0 Å². The first-order valence-corrected chi connectivity index (χ1v) is 9.68. The highest BCUT2D eigenvalue weighted by Gasteiger charge is 2.04. The fourth-order valence-corrected chi connectivity index (χ4v) is 3.24. The van der Waals surface area contributed by atoms with Crippen molar-refractivity contribution in [1.29, 1.82) is 0 Å². The van der Waals surface area contributed by atoms with Crippen molar-refractivity contribution < 1.29 is 4.79 Å². The van der Waals surface area contributed by atoms with Gasteiger partial charge in [-0.15, -0.1) is 0 Å². The van der Waals surface area contributed by atoms with E-state index in [1.165, 1.54) is 42.0 Å². The predicted octanol–water partition coefficient (Wildman–Crippen LogP) is 7.12. The second kappa shape index (κ2) is 9.14. The monoisotopic (exact) mass is 354 g/mol. The molecule has 0 aliphatic rings. The molecule has 0 aromatic heterocycles. The van der Waals surface area contributed by atoms with Gasteiger partial charge in [0.2, 0.25) is 0 Å². The Morgan fingerprint density at radius 1 is 0.741 bits per heavy atom. The summed E-state index contributed by atoms with van der Waals surface area (Å²) in [6, 6.07) is 25.2. The van der Waals surface area contributed by atoms with E-state index in [0.717, 1.165) is 17.5 Å². The third-order valence-electron chi connectivity index (χ3n) is 4.93. The number of aryl methyl sites for hydroxylation is 1. The van der Waals surface area contributed by atoms with Gasteiger partial charge in [-0.05, 0) is 46.7 Å². The summed E-state index contributed by atoms with van der Waals surface area (Å²) in [7, 11) is 0. The quantitative estimate of drug-likeness (QED) is 0.239. The molecule has 0 N–H and O–H groups in total. The van der Waals surface area contributed by atoms with E-state index in [4.69, 9.17) is 0 Å². The molecule has 0 saturated heterocycles. The molecular formula is C26H26O. The summed E-state index contributed by atoms with van der Waals surface area (Å²) >= 11 is 0. The van der Waals surface area contributed by atoms with Crippen molar-refractivity contribution in [2.45, 2.75) is 32.6 Å². The van der Waals surface area contributed by atoms with Crippen molar-refractivity contribution in [3.05, 3.63) is 96.6 Å². The number of carbonyl (C=O) groups excluding carboxylic acids is 1. The Morgan fingerprint density at radius 2 is 1.19 bits per heavy atom. The van der Waals surface area contributed by atoms with Crippen LogP contribution in [0.15, 0.2) is 85.5 Å². The van der Waals surface area contributed by atoms with Crippen LogP contribution in [0.25, 0.3) is 22.3 Å². The lowest BCUT2D eigenvalue weighted by Crippen LogP contribution is -1.92. The van der Waals surface area contributed by atoms with Crippen molar-refractivity contribution in [2.24, 2.45) is 0 Å². The first-order valence-electron chi connectivity index (χ1n) is 9.68. The van der Waals surface area contributed by atoms with Crippen LogP contribution in [0.1, 0.15) is 42.1 Å². The molecular weight excluding hydrogens is 328 g/mol. The number of ketones is 1. The number of allylic oxidation sites excluding steroid dienone is 1. The van der Waals surface area contributed by atoms with Gasteiger partial charge >= 0.3 is 0 Å². The zero-order chi connectivity index (χ0) is 19.1. The number of hydrogen-bond donors (Lipinski definition) is 0. The van der Waals surface area contributed by atoms with Gasteiger partial charge in [0, 0.05) is 5.56 Å². The van der Waals surface area contributed by atoms with Gasteiger partial charge in [0.15, 0.2) is 5.78 Å². The molecule has 3 aromatic carbocycles. The van der Waals surface area contributed by atoms with Gasteiger partial charge in [0.05, 0.1) is 0 Å². The molecule has 0 heterocycles. The van der Waals surface area contributed by atoms with Gasteiger partial charge in [0.1, 0.15) is 0 Å². The molecule has 3 rings (SSSR count). The van der Waals surface area contributed by atoms with Crippen LogP contribution in [-0.2, 0) is 6.42 Å². The van der Waals surface area contributed by atoms with Crippen LogP contribution in [0.5, 0.6) is 0 Å². The minimum Gasteiger partial charge on any atom is -0.289 e. The summed E-state index contributed by atoms with van der Waals surface area (Å²) in [5.74, 6) is -0.0463. The maximum Gasteiger partial charge on any atom is 0.185 e. The lowest BCUT2D eigenvalue weighted by molar-refractivity contribution is 0.104. The Kier molecular flexibility index (Phi) is 6.38. The zero-order valence-corrected chi connectivity index (χ0v) is 15.9. The minimum absolute atomic E-state index is 0.0463. The van der Waals surface area contributed by atoms with Crippen LogP contribution in [-0.4, -0.2) is 5.78 Å². The number of hydrogen-bond acceptors (Lipinski definition) is 1. The van der Waals surface area contributed by atoms with Crippen LogP contribution in [0.2, 0.25) is 0 Å². The first-order chi connectivity index (χ1) is 13.2. The maximum atomic E-state index is 11.6. The van der Waals surface area contributed by atoms with Gasteiger partial charge in [-0.25, -0.2) is 0 Å². The second-order valence-electron chi connectivity index (χ2n) is 6.88.